The van der Waals surface area contributed by atoms with Crippen LogP contribution in [0.1, 0.15) is 13.8 Å². The molecule has 1 aromatic carbocycles. The lowest BCUT2D eigenvalue weighted by molar-refractivity contribution is 0.124. The van der Waals surface area contributed by atoms with Gasteiger partial charge in [0.2, 0.25) is 0 Å². The summed E-state index contributed by atoms with van der Waals surface area (Å²) in [5.74, 6) is 0. The Morgan fingerprint density at radius 2 is 2.27 bits per heavy atom. The minimum absolute atomic E-state index is 0.134. The molecule has 0 heterocycles. The smallest absolute Gasteiger partial charge is 0.414 e. The van der Waals surface area contributed by atoms with E-state index >= 15 is 0 Å². The lowest BCUT2D eigenvalue weighted by Crippen LogP contribution is -2.29. The van der Waals surface area contributed by atoms with Gasteiger partial charge in [-0.25, -0.2) is 4.79 Å². The van der Waals surface area contributed by atoms with Gasteiger partial charge in [-0.2, -0.15) is 0 Å². The first-order valence-electron chi connectivity index (χ1n) is 4.62. The van der Waals surface area contributed by atoms with Crippen LogP contribution in [0, 0.1) is 6.07 Å². The lowest BCUT2D eigenvalue weighted by Gasteiger charge is -2.18. The number of hydrogen-bond donors (Lipinski definition) is 0. The number of carbonyl (C=O) groups is 1. The molecule has 1 amide bonds. The van der Waals surface area contributed by atoms with Crippen molar-refractivity contribution in [1.82, 2.24) is 0 Å². The Hall–Kier alpha value is -1.22. The van der Waals surface area contributed by atoms with Gasteiger partial charge in [-0.05, 0) is 26.0 Å². The number of anilines is 1. The zero-order valence-corrected chi connectivity index (χ0v) is 9.71. The Labute approximate surface area is 94.6 Å². The highest BCUT2D eigenvalue weighted by atomic mass is 35.5. The average Bonchev–Trinajstić information content (AvgIpc) is 2.15. The Kier molecular flexibility index (Phi) is 3.97. The van der Waals surface area contributed by atoms with Crippen LogP contribution in [0.3, 0.4) is 0 Å². The first kappa shape index (κ1) is 11.9. The van der Waals surface area contributed by atoms with E-state index < -0.39 is 6.09 Å². The van der Waals surface area contributed by atoms with Gasteiger partial charge in [0.05, 0.1) is 11.1 Å². The number of hydrogen-bond acceptors (Lipinski definition) is 2. The van der Waals surface area contributed by atoms with Crippen LogP contribution in [0.2, 0.25) is 5.02 Å². The summed E-state index contributed by atoms with van der Waals surface area (Å²) in [6.45, 7) is 3.61. The predicted molar refractivity (Wildman–Crippen MR) is 60.3 cm³/mol. The molecule has 0 aliphatic carbocycles. The van der Waals surface area contributed by atoms with Gasteiger partial charge in [0.25, 0.3) is 0 Å². The van der Waals surface area contributed by atoms with Crippen molar-refractivity contribution in [2.45, 2.75) is 20.0 Å². The van der Waals surface area contributed by atoms with Gasteiger partial charge in [0, 0.05) is 18.8 Å². The fourth-order valence-corrected chi connectivity index (χ4v) is 1.20. The van der Waals surface area contributed by atoms with E-state index in [2.05, 4.69) is 6.07 Å². The van der Waals surface area contributed by atoms with Crippen molar-refractivity contribution in [3.05, 3.63) is 29.3 Å². The number of amides is 1. The zero-order valence-electron chi connectivity index (χ0n) is 8.95. The maximum absolute atomic E-state index is 11.5. The third-order valence-corrected chi connectivity index (χ3v) is 1.97. The summed E-state index contributed by atoms with van der Waals surface area (Å²) in [5, 5.41) is 0.469. The molecule has 81 valence electrons. The van der Waals surface area contributed by atoms with Crippen molar-refractivity contribution in [1.29, 1.82) is 0 Å². The monoisotopic (exact) mass is 226 g/mol. The van der Waals surface area contributed by atoms with Crippen molar-refractivity contribution in [2.24, 2.45) is 0 Å². The number of halogens is 1. The molecule has 0 bridgehead atoms. The van der Waals surface area contributed by atoms with E-state index in [4.69, 9.17) is 16.3 Å². The van der Waals surface area contributed by atoms with E-state index in [0.29, 0.717) is 10.7 Å². The fraction of sp³-hybridized carbons (Fsp3) is 0.364. The van der Waals surface area contributed by atoms with Gasteiger partial charge >= 0.3 is 6.09 Å². The Morgan fingerprint density at radius 1 is 1.60 bits per heavy atom. The molecule has 1 aromatic rings. The van der Waals surface area contributed by atoms with Gasteiger partial charge in [-0.15, -0.1) is 0 Å². The van der Waals surface area contributed by atoms with E-state index in [1.165, 1.54) is 4.90 Å². The van der Waals surface area contributed by atoms with Crippen molar-refractivity contribution < 1.29 is 9.53 Å². The van der Waals surface area contributed by atoms with E-state index in [9.17, 15) is 4.79 Å². The molecule has 1 radical (unpaired) electrons. The first-order valence-corrected chi connectivity index (χ1v) is 5.00. The highest BCUT2D eigenvalue weighted by Gasteiger charge is 2.13. The van der Waals surface area contributed by atoms with Crippen molar-refractivity contribution in [2.75, 3.05) is 11.9 Å². The van der Waals surface area contributed by atoms with Crippen LogP contribution >= 0.6 is 11.6 Å². The molecular weight excluding hydrogens is 214 g/mol. The third kappa shape index (κ3) is 3.44. The minimum atomic E-state index is -0.396. The second-order valence-electron chi connectivity index (χ2n) is 3.39. The first-order chi connectivity index (χ1) is 7.00. The molecule has 4 heteroatoms. The van der Waals surface area contributed by atoms with Crippen LogP contribution < -0.4 is 4.90 Å². The Morgan fingerprint density at radius 3 is 2.80 bits per heavy atom. The summed E-state index contributed by atoms with van der Waals surface area (Å²) < 4.78 is 5.04. The van der Waals surface area contributed by atoms with E-state index in [-0.39, 0.29) is 6.10 Å². The summed E-state index contributed by atoms with van der Waals surface area (Å²) >= 11 is 5.77. The van der Waals surface area contributed by atoms with Crippen LogP contribution in [0.4, 0.5) is 10.5 Å². The zero-order chi connectivity index (χ0) is 11.4. The van der Waals surface area contributed by atoms with Gasteiger partial charge in [0.1, 0.15) is 0 Å². The molecule has 0 spiro atoms. The summed E-state index contributed by atoms with van der Waals surface area (Å²) in [5.41, 5.74) is 0.685. The number of benzene rings is 1. The van der Waals surface area contributed by atoms with Gasteiger partial charge in [0.15, 0.2) is 0 Å². The predicted octanol–water partition coefficient (Wildman–Crippen LogP) is 3.12. The normalized spacial score (nSPS) is 10.2. The molecule has 1 rings (SSSR count). The second kappa shape index (κ2) is 5.03. The summed E-state index contributed by atoms with van der Waals surface area (Å²) in [6, 6.07) is 7.86. The van der Waals surface area contributed by atoms with Crippen LogP contribution in [0.25, 0.3) is 0 Å². The topological polar surface area (TPSA) is 29.5 Å². The molecule has 0 aliphatic rings. The van der Waals surface area contributed by atoms with E-state index in [1.54, 1.807) is 39.1 Å². The lowest BCUT2D eigenvalue weighted by atomic mass is 10.3. The van der Waals surface area contributed by atoms with Crippen LogP contribution in [0.15, 0.2) is 18.2 Å². The van der Waals surface area contributed by atoms with Crippen molar-refractivity contribution in [3.8, 4) is 0 Å². The minimum Gasteiger partial charge on any atom is -0.446 e. The number of rotatable bonds is 2. The molecule has 3 nitrogen and oxygen atoms in total. The highest BCUT2D eigenvalue weighted by molar-refractivity contribution is 6.30. The van der Waals surface area contributed by atoms with E-state index in [1.807, 2.05) is 0 Å². The molecule has 0 atom stereocenters. The maximum atomic E-state index is 11.5. The second-order valence-corrected chi connectivity index (χ2v) is 3.79. The average molecular weight is 227 g/mol. The largest absolute Gasteiger partial charge is 0.446 e. The van der Waals surface area contributed by atoms with Crippen molar-refractivity contribution in [3.63, 3.8) is 0 Å². The fourth-order valence-electron chi connectivity index (χ4n) is 1.02. The maximum Gasteiger partial charge on any atom is 0.414 e. The quantitative estimate of drug-likeness (QED) is 0.776. The summed E-state index contributed by atoms with van der Waals surface area (Å²) in [6.07, 6.45) is -0.530. The Bertz CT molecular complexity index is 352. The molecule has 0 aromatic heterocycles. The Balaban J connectivity index is 2.76. The SMILES string of the molecule is CC(C)OC(=O)N(C)c1cc[c]c(Cl)c1. The third-order valence-electron chi connectivity index (χ3n) is 1.75. The number of nitrogens with zero attached hydrogens (tertiary/aromatic N) is 1. The van der Waals surface area contributed by atoms with Crippen LogP contribution in [-0.2, 0) is 4.74 Å². The molecule has 0 aliphatic heterocycles. The van der Waals surface area contributed by atoms with Gasteiger partial charge in [-0.1, -0.05) is 17.7 Å². The molecule has 0 fully saturated rings. The molecule has 0 unspecified atom stereocenters. The molecule has 0 N–H and O–H groups in total. The summed E-state index contributed by atoms with van der Waals surface area (Å²) in [7, 11) is 1.64. The van der Waals surface area contributed by atoms with E-state index in [0.717, 1.165) is 0 Å². The highest BCUT2D eigenvalue weighted by Crippen LogP contribution is 2.18. The van der Waals surface area contributed by atoms with Crippen LogP contribution in [0.5, 0.6) is 0 Å². The number of carbonyl (C=O) groups excluding carboxylic acids is 1. The van der Waals surface area contributed by atoms with Crippen molar-refractivity contribution >= 4 is 23.4 Å². The molecular formula is C11H13ClNO2. The van der Waals surface area contributed by atoms with Gasteiger partial charge in [-0.3, -0.25) is 4.90 Å². The molecule has 0 saturated heterocycles. The molecule has 0 saturated carbocycles. The summed E-state index contributed by atoms with van der Waals surface area (Å²) in [4.78, 5) is 12.9. The number of ether oxygens (including phenoxy) is 1. The van der Waals surface area contributed by atoms with Crippen LogP contribution in [-0.4, -0.2) is 19.2 Å². The standard InChI is InChI=1S/C11H13ClNO2/c1-8(2)15-11(14)13(3)10-6-4-5-9(12)7-10/h4,6-8H,1-3H3. The molecule has 15 heavy (non-hydrogen) atoms. The van der Waals surface area contributed by atoms with Gasteiger partial charge < -0.3 is 4.74 Å².